The first-order chi connectivity index (χ1) is 11.5. The fourth-order valence-electron chi connectivity index (χ4n) is 2.37. The first-order valence-electron chi connectivity index (χ1n) is 8.87. The van der Waals surface area contributed by atoms with Crippen LogP contribution >= 0.6 is 0 Å². The number of carbonyl (C=O) groups is 3. The second-order valence-electron chi connectivity index (χ2n) is 5.91. The molecule has 0 aromatic heterocycles. The molecule has 0 rings (SSSR count). The zero-order valence-electron chi connectivity index (χ0n) is 15.5. The van der Waals surface area contributed by atoms with E-state index in [9.17, 15) is 14.4 Å². The van der Waals surface area contributed by atoms with E-state index in [-0.39, 0.29) is 19.3 Å². The van der Waals surface area contributed by atoms with Gasteiger partial charge < -0.3 is 19.0 Å². The Morgan fingerprint density at radius 1 is 1.00 bits per heavy atom. The van der Waals surface area contributed by atoms with E-state index in [1.165, 1.54) is 0 Å². The molecule has 6 heteroatoms. The van der Waals surface area contributed by atoms with Gasteiger partial charge in [0.05, 0.1) is 31.2 Å². The molecule has 0 aromatic carbocycles. The molecule has 0 aliphatic carbocycles. The lowest BCUT2D eigenvalue weighted by Gasteiger charge is -2.37. The molecule has 0 saturated carbocycles. The molecule has 0 amide bonds. The second-order valence-corrected chi connectivity index (χ2v) is 5.91. The van der Waals surface area contributed by atoms with Gasteiger partial charge in [-0.1, -0.05) is 20.8 Å². The number of esters is 2. The smallest absolute Gasteiger partial charge is 0.311 e. The zero-order chi connectivity index (χ0) is 18.4. The molecule has 0 aliphatic rings. The molecule has 0 fully saturated rings. The fraction of sp³-hybridized carbons (Fsp3) is 0.833. The van der Waals surface area contributed by atoms with Gasteiger partial charge in [-0.05, 0) is 32.6 Å². The first-order valence-corrected chi connectivity index (χ1v) is 8.87. The summed E-state index contributed by atoms with van der Waals surface area (Å²) < 4.78 is 16.3. The molecule has 0 radical (unpaired) electrons. The minimum Gasteiger partial charge on any atom is -0.466 e. The number of hydrogen-bond donors (Lipinski definition) is 0. The molecule has 140 valence electrons. The largest absolute Gasteiger partial charge is 0.466 e. The van der Waals surface area contributed by atoms with Gasteiger partial charge in [0.2, 0.25) is 0 Å². The van der Waals surface area contributed by atoms with Crippen LogP contribution in [0, 0.1) is 5.92 Å². The summed E-state index contributed by atoms with van der Waals surface area (Å²) in [6.45, 7) is 8.49. The van der Waals surface area contributed by atoms with Crippen LogP contribution < -0.4 is 0 Å². The minimum absolute atomic E-state index is 0.0662. The van der Waals surface area contributed by atoms with E-state index in [2.05, 4.69) is 0 Å². The van der Waals surface area contributed by atoms with Crippen molar-refractivity contribution in [3.05, 3.63) is 0 Å². The monoisotopic (exact) mass is 344 g/mol. The van der Waals surface area contributed by atoms with Gasteiger partial charge in [0.15, 0.2) is 0 Å². The molecule has 0 bridgehead atoms. The summed E-state index contributed by atoms with van der Waals surface area (Å²) in [6, 6.07) is 0. The van der Waals surface area contributed by atoms with Crippen LogP contribution in [0.4, 0.5) is 0 Å². The summed E-state index contributed by atoms with van der Waals surface area (Å²) in [6.07, 6.45) is 3.36. The van der Waals surface area contributed by atoms with Crippen molar-refractivity contribution in [3.8, 4) is 0 Å². The van der Waals surface area contributed by atoms with Crippen molar-refractivity contribution in [2.24, 2.45) is 5.92 Å². The SMILES string of the molecule is CCCOC(=O)CC(CCC=O)(OCCC)C(C)C(=O)OCCC. The van der Waals surface area contributed by atoms with Crippen LogP contribution in [-0.2, 0) is 28.6 Å². The average molecular weight is 344 g/mol. The maximum atomic E-state index is 12.3. The predicted octanol–water partition coefficient (Wildman–Crippen LogP) is 3.06. The quantitative estimate of drug-likeness (QED) is 0.356. The van der Waals surface area contributed by atoms with E-state index in [0.717, 1.165) is 19.1 Å². The molecule has 0 spiro atoms. The zero-order valence-corrected chi connectivity index (χ0v) is 15.5. The molecule has 2 atom stereocenters. The van der Waals surface area contributed by atoms with Crippen LogP contribution in [0.1, 0.15) is 66.2 Å². The van der Waals surface area contributed by atoms with Crippen molar-refractivity contribution < 1.29 is 28.6 Å². The Hall–Kier alpha value is -1.43. The summed E-state index contributed by atoms with van der Waals surface area (Å²) in [4.78, 5) is 35.3. The summed E-state index contributed by atoms with van der Waals surface area (Å²) in [7, 11) is 0. The molecule has 0 saturated heterocycles. The van der Waals surface area contributed by atoms with Crippen LogP contribution in [0.2, 0.25) is 0 Å². The maximum absolute atomic E-state index is 12.3. The van der Waals surface area contributed by atoms with Crippen LogP contribution in [0.15, 0.2) is 0 Å². The van der Waals surface area contributed by atoms with E-state index in [1.54, 1.807) is 6.92 Å². The van der Waals surface area contributed by atoms with Gasteiger partial charge in [-0.3, -0.25) is 9.59 Å². The fourth-order valence-corrected chi connectivity index (χ4v) is 2.37. The van der Waals surface area contributed by atoms with E-state index in [4.69, 9.17) is 14.2 Å². The lowest BCUT2D eigenvalue weighted by molar-refractivity contribution is -0.172. The van der Waals surface area contributed by atoms with E-state index < -0.39 is 23.5 Å². The van der Waals surface area contributed by atoms with Crippen molar-refractivity contribution in [3.63, 3.8) is 0 Å². The van der Waals surface area contributed by atoms with E-state index in [1.807, 2.05) is 20.8 Å². The second kappa shape index (κ2) is 12.9. The highest BCUT2D eigenvalue weighted by Gasteiger charge is 2.44. The molecular formula is C18H32O6. The topological polar surface area (TPSA) is 78.9 Å². The summed E-state index contributed by atoms with van der Waals surface area (Å²) in [5.74, 6) is -1.50. The molecule has 0 heterocycles. The average Bonchev–Trinajstić information content (AvgIpc) is 2.59. The normalized spacial score (nSPS) is 14.5. The van der Waals surface area contributed by atoms with E-state index in [0.29, 0.717) is 26.2 Å². The van der Waals surface area contributed by atoms with E-state index >= 15 is 0 Å². The number of carbonyl (C=O) groups excluding carboxylic acids is 3. The standard InChI is InChI=1S/C18H32O6/c1-5-11-22-16(20)14-18(9-8-10-19,24-13-7-3)15(4)17(21)23-12-6-2/h10,15H,5-9,11-14H2,1-4H3. The molecule has 6 nitrogen and oxygen atoms in total. The molecule has 0 N–H and O–H groups in total. The van der Waals surface area contributed by atoms with Crippen molar-refractivity contribution in [2.75, 3.05) is 19.8 Å². The highest BCUT2D eigenvalue weighted by atomic mass is 16.5. The Kier molecular flexibility index (Phi) is 12.2. The molecule has 0 aromatic rings. The van der Waals surface area contributed by atoms with Crippen molar-refractivity contribution in [1.82, 2.24) is 0 Å². The Morgan fingerprint density at radius 3 is 2.12 bits per heavy atom. The van der Waals surface area contributed by atoms with Gasteiger partial charge in [-0.15, -0.1) is 0 Å². The van der Waals surface area contributed by atoms with Gasteiger partial charge in [-0.2, -0.15) is 0 Å². The third-order valence-electron chi connectivity index (χ3n) is 3.78. The lowest BCUT2D eigenvalue weighted by Crippen LogP contribution is -2.46. The molecule has 0 aliphatic heterocycles. The van der Waals surface area contributed by atoms with Crippen molar-refractivity contribution >= 4 is 18.2 Å². The van der Waals surface area contributed by atoms with Gasteiger partial charge in [-0.25, -0.2) is 0 Å². The maximum Gasteiger partial charge on any atom is 0.311 e. The lowest BCUT2D eigenvalue weighted by atomic mass is 9.81. The number of ether oxygens (including phenoxy) is 3. The Labute approximate surface area is 145 Å². The van der Waals surface area contributed by atoms with Crippen molar-refractivity contribution in [1.29, 1.82) is 0 Å². The Balaban J connectivity index is 5.32. The van der Waals surface area contributed by atoms with Crippen LogP contribution in [0.3, 0.4) is 0 Å². The van der Waals surface area contributed by atoms with Gasteiger partial charge in [0, 0.05) is 13.0 Å². The van der Waals surface area contributed by atoms with Crippen LogP contribution in [0.25, 0.3) is 0 Å². The third-order valence-corrected chi connectivity index (χ3v) is 3.78. The van der Waals surface area contributed by atoms with Gasteiger partial charge in [0.1, 0.15) is 6.29 Å². The van der Waals surface area contributed by atoms with Crippen molar-refractivity contribution in [2.45, 2.75) is 71.8 Å². The summed E-state index contributed by atoms with van der Waals surface area (Å²) in [5.41, 5.74) is -1.08. The van der Waals surface area contributed by atoms with Gasteiger partial charge in [0.25, 0.3) is 0 Å². The Bertz CT molecular complexity index is 382. The molecule has 2 unspecified atom stereocenters. The Morgan fingerprint density at radius 2 is 1.58 bits per heavy atom. The number of aldehydes is 1. The summed E-state index contributed by atoms with van der Waals surface area (Å²) in [5, 5.41) is 0. The number of hydrogen-bond acceptors (Lipinski definition) is 6. The number of rotatable bonds is 14. The minimum atomic E-state index is -1.08. The van der Waals surface area contributed by atoms with Crippen LogP contribution in [-0.4, -0.2) is 43.6 Å². The highest BCUT2D eigenvalue weighted by molar-refractivity contribution is 5.77. The molecule has 24 heavy (non-hydrogen) atoms. The third kappa shape index (κ3) is 7.90. The summed E-state index contributed by atoms with van der Waals surface area (Å²) >= 11 is 0. The predicted molar refractivity (Wildman–Crippen MR) is 90.6 cm³/mol. The highest BCUT2D eigenvalue weighted by Crippen LogP contribution is 2.33. The van der Waals surface area contributed by atoms with Crippen LogP contribution in [0.5, 0.6) is 0 Å². The first kappa shape index (κ1) is 22.6. The van der Waals surface area contributed by atoms with Gasteiger partial charge >= 0.3 is 11.9 Å². The molecular weight excluding hydrogens is 312 g/mol.